The van der Waals surface area contributed by atoms with Gasteiger partial charge in [0.2, 0.25) is 10.0 Å². The predicted octanol–water partition coefficient (Wildman–Crippen LogP) is 0.491. The highest BCUT2D eigenvalue weighted by Crippen LogP contribution is 2.24. The Balaban J connectivity index is 2.24. The second kappa shape index (κ2) is 5.48. The Morgan fingerprint density at radius 2 is 1.95 bits per heavy atom. The van der Waals surface area contributed by atoms with Crippen molar-refractivity contribution in [3.8, 4) is 0 Å². The van der Waals surface area contributed by atoms with Crippen LogP contribution in [-0.4, -0.2) is 31.8 Å². The van der Waals surface area contributed by atoms with Gasteiger partial charge in [-0.05, 0) is 37.1 Å². The van der Waals surface area contributed by atoms with E-state index in [4.69, 9.17) is 11.6 Å². The number of hydrogen-bond acceptors (Lipinski definition) is 4. The van der Waals surface area contributed by atoms with Crippen LogP contribution in [0.3, 0.4) is 0 Å². The summed E-state index contributed by atoms with van der Waals surface area (Å²) in [6, 6.07) is 5.82. The number of sulfonamides is 1. The van der Waals surface area contributed by atoms with Crippen molar-refractivity contribution in [2.45, 2.75) is 17.7 Å². The van der Waals surface area contributed by atoms with Gasteiger partial charge in [0.1, 0.15) is 0 Å². The fraction of sp³-hybridized carbons (Fsp3) is 0.417. The number of carboxylic acid groups (broad SMARTS) is 1. The lowest BCUT2D eigenvalue weighted by Crippen LogP contribution is -2.46. The van der Waals surface area contributed by atoms with E-state index < -0.39 is 21.9 Å². The summed E-state index contributed by atoms with van der Waals surface area (Å²) in [4.78, 5) is 11.0. The molecule has 0 spiro atoms. The summed E-state index contributed by atoms with van der Waals surface area (Å²) < 4.78 is 25.9. The minimum Gasteiger partial charge on any atom is -0.550 e. The Morgan fingerprint density at radius 1 is 1.32 bits per heavy atom. The van der Waals surface area contributed by atoms with E-state index in [1.165, 1.54) is 28.6 Å². The van der Waals surface area contributed by atoms with Gasteiger partial charge in [-0.1, -0.05) is 11.6 Å². The second-order valence-corrected chi connectivity index (χ2v) is 6.85. The summed E-state index contributed by atoms with van der Waals surface area (Å²) in [5.41, 5.74) is 0. The van der Waals surface area contributed by atoms with Gasteiger partial charge >= 0.3 is 0 Å². The van der Waals surface area contributed by atoms with E-state index in [1.807, 2.05) is 0 Å². The quantitative estimate of drug-likeness (QED) is 0.814. The van der Waals surface area contributed by atoms with Crippen molar-refractivity contribution >= 4 is 27.6 Å². The highest BCUT2D eigenvalue weighted by molar-refractivity contribution is 7.89. The van der Waals surface area contributed by atoms with Crippen LogP contribution in [0.1, 0.15) is 12.8 Å². The van der Waals surface area contributed by atoms with Crippen LogP contribution in [0.15, 0.2) is 29.2 Å². The van der Waals surface area contributed by atoms with Crippen molar-refractivity contribution in [3.63, 3.8) is 0 Å². The van der Waals surface area contributed by atoms with Gasteiger partial charge in [0.05, 0.1) is 4.90 Å². The molecule has 5 nitrogen and oxygen atoms in total. The van der Waals surface area contributed by atoms with E-state index >= 15 is 0 Å². The third kappa shape index (κ3) is 3.08. The fourth-order valence-electron chi connectivity index (χ4n) is 2.11. The Hall–Kier alpha value is -1.11. The molecule has 0 unspecified atom stereocenters. The number of carbonyl (C=O) groups is 1. The van der Waals surface area contributed by atoms with Crippen molar-refractivity contribution in [2.24, 2.45) is 5.92 Å². The molecule has 0 N–H and O–H groups in total. The van der Waals surface area contributed by atoms with E-state index in [2.05, 4.69) is 0 Å². The summed E-state index contributed by atoms with van der Waals surface area (Å²) >= 11 is 5.72. The van der Waals surface area contributed by atoms with Crippen LogP contribution in [-0.2, 0) is 14.8 Å². The topological polar surface area (TPSA) is 77.5 Å². The van der Waals surface area contributed by atoms with Crippen LogP contribution in [0.2, 0.25) is 5.02 Å². The number of piperidine rings is 1. The monoisotopic (exact) mass is 302 g/mol. The zero-order valence-electron chi connectivity index (χ0n) is 10.1. The molecule has 1 aromatic carbocycles. The summed E-state index contributed by atoms with van der Waals surface area (Å²) in [5, 5.41) is 11.3. The highest BCUT2D eigenvalue weighted by atomic mass is 35.5. The van der Waals surface area contributed by atoms with Crippen molar-refractivity contribution in [1.82, 2.24) is 4.31 Å². The van der Waals surface area contributed by atoms with E-state index in [0.717, 1.165) is 0 Å². The molecule has 2 rings (SSSR count). The normalized spacial score (nSPS) is 21.2. The first-order valence-electron chi connectivity index (χ1n) is 5.88. The maximum Gasteiger partial charge on any atom is 0.243 e. The summed E-state index contributed by atoms with van der Waals surface area (Å²) in [6.45, 7) is 0.294. The van der Waals surface area contributed by atoms with Crippen molar-refractivity contribution in [2.75, 3.05) is 13.1 Å². The molecule has 0 bridgehead atoms. The number of nitrogens with zero attached hydrogens (tertiary/aromatic N) is 1. The third-order valence-electron chi connectivity index (χ3n) is 3.17. The van der Waals surface area contributed by atoms with Gasteiger partial charge in [-0.2, -0.15) is 4.31 Å². The molecule has 1 heterocycles. The maximum absolute atomic E-state index is 12.3. The number of aliphatic carboxylic acids is 1. The molecule has 1 saturated heterocycles. The first-order valence-corrected chi connectivity index (χ1v) is 7.69. The van der Waals surface area contributed by atoms with Crippen LogP contribution < -0.4 is 5.11 Å². The lowest BCUT2D eigenvalue weighted by molar-refractivity contribution is -0.312. The number of carbonyl (C=O) groups excluding carboxylic acids is 1. The average molecular weight is 303 g/mol. The minimum atomic E-state index is -3.66. The van der Waals surface area contributed by atoms with Crippen LogP contribution >= 0.6 is 11.6 Å². The first kappa shape index (κ1) is 14.3. The molecule has 0 aliphatic carbocycles. The molecule has 0 radical (unpaired) electrons. The van der Waals surface area contributed by atoms with Crippen molar-refractivity contribution in [3.05, 3.63) is 29.3 Å². The second-order valence-electron chi connectivity index (χ2n) is 4.48. The molecule has 1 aliphatic heterocycles. The molecule has 1 atom stereocenters. The highest BCUT2D eigenvalue weighted by Gasteiger charge is 2.30. The molecule has 104 valence electrons. The Kier molecular flexibility index (Phi) is 4.13. The number of rotatable bonds is 3. The zero-order valence-corrected chi connectivity index (χ0v) is 11.7. The number of carboxylic acids is 1. The van der Waals surface area contributed by atoms with Gasteiger partial charge in [-0.3, -0.25) is 0 Å². The van der Waals surface area contributed by atoms with Gasteiger partial charge in [0, 0.05) is 30.0 Å². The fourth-order valence-corrected chi connectivity index (χ4v) is 3.76. The number of halogens is 1. The molecule has 0 amide bonds. The van der Waals surface area contributed by atoms with Crippen molar-refractivity contribution in [1.29, 1.82) is 0 Å². The Labute approximate surface area is 116 Å². The molecular weight excluding hydrogens is 290 g/mol. The smallest absolute Gasteiger partial charge is 0.243 e. The van der Waals surface area contributed by atoms with Crippen molar-refractivity contribution < 1.29 is 18.3 Å². The minimum absolute atomic E-state index is 0.0344. The summed E-state index contributed by atoms with van der Waals surface area (Å²) in [5.74, 6) is -1.94. The predicted molar refractivity (Wildman–Crippen MR) is 67.9 cm³/mol. The number of hydrogen-bond donors (Lipinski definition) is 0. The molecule has 7 heteroatoms. The summed E-state index contributed by atoms with van der Waals surface area (Å²) in [6.07, 6.45) is 0.973. The number of benzene rings is 1. The molecular formula is C12H13ClNO4S-. The largest absolute Gasteiger partial charge is 0.550 e. The van der Waals surface area contributed by atoms with Gasteiger partial charge < -0.3 is 9.90 Å². The van der Waals surface area contributed by atoms with Gasteiger partial charge in [-0.25, -0.2) is 8.42 Å². The zero-order chi connectivity index (χ0) is 14.0. The van der Waals surface area contributed by atoms with Crippen LogP contribution in [0.25, 0.3) is 0 Å². The summed E-state index contributed by atoms with van der Waals surface area (Å²) in [7, 11) is -3.66. The molecule has 1 aromatic rings. The lowest BCUT2D eigenvalue weighted by Gasteiger charge is -2.32. The average Bonchev–Trinajstić information content (AvgIpc) is 2.39. The van der Waals surface area contributed by atoms with E-state index in [9.17, 15) is 18.3 Å². The van der Waals surface area contributed by atoms with Gasteiger partial charge in [-0.15, -0.1) is 0 Å². The van der Waals surface area contributed by atoms with E-state index in [1.54, 1.807) is 0 Å². The molecule has 1 fully saturated rings. The van der Waals surface area contributed by atoms with E-state index in [-0.39, 0.29) is 11.4 Å². The molecule has 1 aliphatic rings. The molecule has 19 heavy (non-hydrogen) atoms. The standard InChI is InChI=1S/C12H14ClNO4S/c13-10-3-5-11(6-4-10)19(17,18)14-7-1-2-9(8-14)12(15)16/h3-6,9H,1-2,7-8H2,(H,15,16)/p-1/t9-/m1/s1. The third-order valence-corrected chi connectivity index (χ3v) is 5.30. The van der Waals surface area contributed by atoms with Crippen LogP contribution in [0.4, 0.5) is 0 Å². The SMILES string of the molecule is O=C([O-])[C@@H]1CCCN(S(=O)(=O)c2ccc(Cl)cc2)C1. The Bertz CT molecular complexity index is 570. The maximum atomic E-state index is 12.3. The molecule has 0 aromatic heterocycles. The lowest BCUT2D eigenvalue weighted by atomic mass is 10.0. The van der Waals surface area contributed by atoms with Crippen LogP contribution in [0, 0.1) is 5.92 Å². The first-order chi connectivity index (χ1) is 8.91. The van der Waals surface area contributed by atoms with E-state index in [0.29, 0.717) is 24.4 Å². The van der Waals surface area contributed by atoms with Gasteiger partial charge in [0.15, 0.2) is 0 Å². The Morgan fingerprint density at radius 3 is 2.53 bits per heavy atom. The molecule has 0 saturated carbocycles. The van der Waals surface area contributed by atoms with Crippen LogP contribution in [0.5, 0.6) is 0 Å². The van der Waals surface area contributed by atoms with Gasteiger partial charge in [0.25, 0.3) is 0 Å².